The van der Waals surface area contributed by atoms with E-state index >= 15 is 0 Å². The highest BCUT2D eigenvalue weighted by molar-refractivity contribution is 9.10. The Kier molecular flexibility index (Phi) is 7.06. The molecule has 0 aliphatic carbocycles. The van der Waals surface area contributed by atoms with Crippen LogP contribution in [0.1, 0.15) is 16.7 Å². The minimum atomic E-state index is -0.0543. The van der Waals surface area contributed by atoms with Gasteiger partial charge in [-0.15, -0.1) is 0 Å². The number of nitrogens with one attached hydrogen (secondary N) is 1. The topological polar surface area (TPSA) is 50.8 Å². The molecule has 0 fully saturated rings. The van der Waals surface area contributed by atoms with E-state index in [2.05, 4.69) is 21.2 Å². The zero-order chi connectivity index (χ0) is 19.3. The maximum Gasteiger partial charge on any atom is 0.238 e. The lowest BCUT2D eigenvalue weighted by Gasteiger charge is -2.19. The first-order chi connectivity index (χ1) is 12.3. The van der Waals surface area contributed by atoms with Gasteiger partial charge in [-0.2, -0.15) is 0 Å². The van der Waals surface area contributed by atoms with Crippen LogP contribution in [0.3, 0.4) is 0 Å². The molecule has 2 rings (SSSR count). The number of halogens is 1. The van der Waals surface area contributed by atoms with Crippen molar-refractivity contribution in [3.63, 3.8) is 0 Å². The lowest BCUT2D eigenvalue weighted by atomic mass is 10.1. The van der Waals surface area contributed by atoms with Crippen LogP contribution in [0.15, 0.2) is 34.8 Å². The monoisotopic (exact) mass is 420 g/mol. The lowest BCUT2D eigenvalue weighted by molar-refractivity contribution is -0.117. The molecule has 26 heavy (non-hydrogen) atoms. The molecular formula is C20H25BrN2O3. The van der Waals surface area contributed by atoms with E-state index in [1.165, 1.54) is 0 Å². The Morgan fingerprint density at radius 2 is 1.73 bits per heavy atom. The van der Waals surface area contributed by atoms with Crippen molar-refractivity contribution in [2.24, 2.45) is 0 Å². The fourth-order valence-electron chi connectivity index (χ4n) is 2.66. The number of nitrogens with zero attached hydrogens (tertiary/aromatic N) is 1. The molecule has 6 heteroatoms. The predicted octanol–water partition coefficient (Wildman–Crippen LogP) is 4.15. The zero-order valence-electron chi connectivity index (χ0n) is 15.9. The van der Waals surface area contributed by atoms with Crippen molar-refractivity contribution in [1.82, 2.24) is 4.90 Å². The van der Waals surface area contributed by atoms with Crippen molar-refractivity contribution < 1.29 is 14.3 Å². The van der Waals surface area contributed by atoms with Crippen LogP contribution in [0.5, 0.6) is 11.5 Å². The van der Waals surface area contributed by atoms with Gasteiger partial charge in [-0.3, -0.25) is 9.69 Å². The molecule has 0 saturated heterocycles. The summed E-state index contributed by atoms with van der Waals surface area (Å²) in [6.07, 6.45) is 0. The van der Waals surface area contributed by atoms with Gasteiger partial charge in [-0.25, -0.2) is 0 Å². The van der Waals surface area contributed by atoms with Crippen molar-refractivity contribution >= 4 is 27.5 Å². The number of ether oxygens (including phenoxy) is 2. The number of amides is 1. The van der Waals surface area contributed by atoms with Gasteiger partial charge < -0.3 is 14.8 Å². The van der Waals surface area contributed by atoms with Crippen LogP contribution in [0.2, 0.25) is 0 Å². The zero-order valence-corrected chi connectivity index (χ0v) is 17.4. The number of hydrogen-bond acceptors (Lipinski definition) is 4. The minimum Gasteiger partial charge on any atom is -0.493 e. The Bertz CT molecular complexity index is 793. The molecule has 2 aromatic carbocycles. The van der Waals surface area contributed by atoms with Gasteiger partial charge in [0, 0.05) is 16.7 Å². The average Bonchev–Trinajstić information content (AvgIpc) is 2.59. The van der Waals surface area contributed by atoms with Crippen molar-refractivity contribution in [2.45, 2.75) is 20.4 Å². The van der Waals surface area contributed by atoms with Crippen LogP contribution in [-0.2, 0) is 11.3 Å². The third kappa shape index (κ3) is 5.22. The molecule has 0 heterocycles. The highest BCUT2D eigenvalue weighted by Gasteiger charge is 2.13. The molecule has 0 atom stereocenters. The third-order valence-corrected chi connectivity index (χ3v) is 5.01. The summed E-state index contributed by atoms with van der Waals surface area (Å²) in [4.78, 5) is 14.3. The average molecular weight is 421 g/mol. The molecule has 5 nitrogen and oxygen atoms in total. The first kappa shape index (κ1) is 20.3. The summed E-state index contributed by atoms with van der Waals surface area (Å²) in [7, 11) is 5.16. The molecule has 0 aliphatic rings. The third-order valence-electron chi connectivity index (χ3n) is 4.15. The molecular weight excluding hydrogens is 396 g/mol. The van der Waals surface area contributed by atoms with E-state index in [0.717, 1.165) is 26.9 Å². The predicted molar refractivity (Wildman–Crippen MR) is 108 cm³/mol. The minimum absolute atomic E-state index is 0.0543. The highest BCUT2D eigenvalue weighted by atomic mass is 79.9. The van der Waals surface area contributed by atoms with E-state index in [0.29, 0.717) is 24.6 Å². The molecule has 0 radical (unpaired) electrons. The molecule has 2 aromatic rings. The van der Waals surface area contributed by atoms with Crippen LogP contribution < -0.4 is 14.8 Å². The second kappa shape index (κ2) is 9.05. The Labute approximate surface area is 163 Å². The summed E-state index contributed by atoms with van der Waals surface area (Å²) >= 11 is 3.48. The van der Waals surface area contributed by atoms with Gasteiger partial charge in [0.1, 0.15) is 0 Å². The second-order valence-electron chi connectivity index (χ2n) is 6.32. The summed E-state index contributed by atoms with van der Waals surface area (Å²) in [5.74, 6) is 1.34. The first-order valence-corrected chi connectivity index (χ1v) is 9.09. The quantitative estimate of drug-likeness (QED) is 0.730. The SMILES string of the molecule is COc1cc(C)c(CN(C)CC(=O)Nc2ccc(C)c(Br)c2)cc1OC. The van der Waals surface area contributed by atoms with Crippen LogP contribution in [0, 0.1) is 13.8 Å². The molecule has 0 bridgehead atoms. The number of hydrogen-bond donors (Lipinski definition) is 1. The van der Waals surface area contributed by atoms with Crippen molar-refractivity contribution in [2.75, 3.05) is 33.1 Å². The van der Waals surface area contributed by atoms with Gasteiger partial charge in [-0.05, 0) is 61.9 Å². The normalized spacial score (nSPS) is 10.7. The number of benzene rings is 2. The first-order valence-electron chi connectivity index (χ1n) is 8.30. The largest absolute Gasteiger partial charge is 0.493 e. The molecule has 0 spiro atoms. The summed E-state index contributed by atoms with van der Waals surface area (Å²) < 4.78 is 11.7. The maximum atomic E-state index is 12.3. The number of carbonyl (C=O) groups is 1. The van der Waals surface area contributed by atoms with Crippen molar-refractivity contribution in [1.29, 1.82) is 0 Å². The maximum absolute atomic E-state index is 12.3. The Hall–Kier alpha value is -2.05. The van der Waals surface area contributed by atoms with Gasteiger partial charge in [0.15, 0.2) is 11.5 Å². The van der Waals surface area contributed by atoms with Crippen LogP contribution >= 0.6 is 15.9 Å². The number of methoxy groups -OCH3 is 2. The summed E-state index contributed by atoms with van der Waals surface area (Å²) in [6, 6.07) is 9.68. The number of rotatable bonds is 7. The van der Waals surface area contributed by atoms with Gasteiger partial charge in [0.2, 0.25) is 5.91 Å². The van der Waals surface area contributed by atoms with E-state index in [1.807, 2.05) is 56.1 Å². The lowest BCUT2D eigenvalue weighted by Crippen LogP contribution is -2.30. The molecule has 140 valence electrons. The highest BCUT2D eigenvalue weighted by Crippen LogP contribution is 2.30. The number of aryl methyl sites for hydroxylation is 2. The van der Waals surface area contributed by atoms with Crippen molar-refractivity contribution in [3.05, 3.63) is 51.5 Å². The van der Waals surface area contributed by atoms with Crippen molar-refractivity contribution in [3.8, 4) is 11.5 Å². The Morgan fingerprint density at radius 3 is 2.35 bits per heavy atom. The van der Waals surface area contributed by atoms with E-state index in [4.69, 9.17) is 9.47 Å². The standard InChI is InChI=1S/C20H25BrN2O3/c1-13-6-7-16(10-17(13)21)22-20(24)12-23(3)11-15-9-19(26-5)18(25-4)8-14(15)2/h6-10H,11-12H2,1-5H3,(H,22,24). The van der Waals surface area contributed by atoms with Gasteiger partial charge in [-0.1, -0.05) is 22.0 Å². The van der Waals surface area contributed by atoms with Gasteiger partial charge in [0.25, 0.3) is 0 Å². The molecule has 0 aliphatic heterocycles. The molecule has 0 saturated carbocycles. The fourth-order valence-corrected chi connectivity index (χ4v) is 3.03. The molecule has 1 amide bonds. The fraction of sp³-hybridized carbons (Fsp3) is 0.350. The summed E-state index contributed by atoms with van der Waals surface area (Å²) in [6.45, 7) is 4.96. The molecule has 1 N–H and O–H groups in total. The van der Waals surface area contributed by atoms with Crippen LogP contribution in [0.25, 0.3) is 0 Å². The summed E-state index contributed by atoms with van der Waals surface area (Å²) in [5.41, 5.74) is 4.10. The Balaban J connectivity index is 2.00. The number of carbonyl (C=O) groups excluding carboxylic acids is 1. The van der Waals surface area contributed by atoms with E-state index < -0.39 is 0 Å². The van der Waals surface area contributed by atoms with Gasteiger partial charge >= 0.3 is 0 Å². The summed E-state index contributed by atoms with van der Waals surface area (Å²) in [5, 5.41) is 2.93. The number of anilines is 1. The number of likely N-dealkylation sites (N-methyl/N-ethyl adjacent to an activating group) is 1. The Morgan fingerprint density at radius 1 is 1.08 bits per heavy atom. The van der Waals surface area contributed by atoms with Crippen LogP contribution in [-0.4, -0.2) is 38.6 Å². The van der Waals surface area contributed by atoms with Crippen LogP contribution in [0.4, 0.5) is 5.69 Å². The second-order valence-corrected chi connectivity index (χ2v) is 7.17. The van der Waals surface area contributed by atoms with E-state index in [9.17, 15) is 4.79 Å². The molecule has 0 aromatic heterocycles. The molecule has 0 unspecified atom stereocenters. The smallest absolute Gasteiger partial charge is 0.238 e. The van der Waals surface area contributed by atoms with E-state index in [1.54, 1.807) is 14.2 Å². The van der Waals surface area contributed by atoms with E-state index in [-0.39, 0.29) is 5.91 Å². The van der Waals surface area contributed by atoms with Gasteiger partial charge in [0.05, 0.1) is 20.8 Å².